The SMILES string of the molecule is CCCCCCCCCCCCCC[S+](c1ccccc1)C1CC1. The molecule has 0 N–H and O–H groups in total. The highest BCUT2D eigenvalue weighted by Crippen LogP contribution is 2.36. The van der Waals surface area contributed by atoms with E-state index in [2.05, 4.69) is 37.3 Å². The van der Waals surface area contributed by atoms with Gasteiger partial charge in [0.1, 0.15) is 11.0 Å². The lowest BCUT2D eigenvalue weighted by Crippen LogP contribution is -2.13. The van der Waals surface area contributed by atoms with Crippen LogP contribution in [0.3, 0.4) is 0 Å². The first-order valence-electron chi connectivity index (χ1n) is 10.7. The number of unbranched alkanes of at least 4 members (excludes halogenated alkanes) is 11. The summed E-state index contributed by atoms with van der Waals surface area (Å²) in [5.41, 5.74) is 0. The van der Waals surface area contributed by atoms with Gasteiger partial charge < -0.3 is 0 Å². The van der Waals surface area contributed by atoms with Crippen molar-refractivity contribution in [3.63, 3.8) is 0 Å². The van der Waals surface area contributed by atoms with Crippen molar-refractivity contribution in [2.24, 2.45) is 0 Å². The topological polar surface area (TPSA) is 0 Å². The Morgan fingerprint density at radius 1 is 0.708 bits per heavy atom. The molecule has 1 aromatic carbocycles. The first kappa shape index (κ1) is 19.9. The molecule has 0 aliphatic heterocycles. The van der Waals surface area contributed by atoms with Crippen molar-refractivity contribution >= 4 is 10.9 Å². The highest BCUT2D eigenvalue weighted by Gasteiger charge is 2.41. The van der Waals surface area contributed by atoms with E-state index in [1.165, 1.54) is 95.6 Å². The van der Waals surface area contributed by atoms with Crippen molar-refractivity contribution in [1.82, 2.24) is 0 Å². The molecular formula is C23H39S+. The number of benzene rings is 1. The Balaban J connectivity index is 1.43. The Hall–Kier alpha value is -0.430. The minimum atomic E-state index is 0.557. The molecule has 2 rings (SSSR count). The highest BCUT2D eigenvalue weighted by atomic mass is 32.2. The zero-order valence-electron chi connectivity index (χ0n) is 16.0. The fraction of sp³-hybridized carbons (Fsp3) is 0.739. The van der Waals surface area contributed by atoms with Crippen LogP contribution in [0.25, 0.3) is 0 Å². The third kappa shape index (κ3) is 8.60. The molecule has 1 aliphatic rings. The molecule has 136 valence electrons. The molecule has 1 atom stereocenters. The van der Waals surface area contributed by atoms with Crippen molar-refractivity contribution in [3.05, 3.63) is 30.3 Å². The van der Waals surface area contributed by atoms with Crippen LogP contribution in [0.1, 0.15) is 96.8 Å². The molecule has 1 unspecified atom stereocenters. The maximum absolute atomic E-state index is 2.36. The van der Waals surface area contributed by atoms with Crippen molar-refractivity contribution < 1.29 is 0 Å². The van der Waals surface area contributed by atoms with Gasteiger partial charge in [-0.15, -0.1) is 0 Å². The van der Waals surface area contributed by atoms with E-state index >= 15 is 0 Å². The second-order valence-electron chi connectivity index (χ2n) is 7.53. The van der Waals surface area contributed by atoms with Crippen LogP contribution in [0, 0.1) is 0 Å². The summed E-state index contributed by atoms with van der Waals surface area (Å²) in [4.78, 5) is 1.63. The molecular weight excluding hydrogens is 308 g/mol. The lowest BCUT2D eigenvalue weighted by Gasteiger charge is -2.07. The second kappa shape index (κ2) is 12.9. The third-order valence-electron chi connectivity index (χ3n) is 5.19. The van der Waals surface area contributed by atoms with E-state index in [0.717, 1.165) is 5.25 Å². The summed E-state index contributed by atoms with van der Waals surface area (Å²) in [7, 11) is 0.557. The number of hydrogen-bond donors (Lipinski definition) is 0. The van der Waals surface area contributed by atoms with Gasteiger partial charge in [-0.1, -0.05) is 89.3 Å². The maximum Gasteiger partial charge on any atom is 0.155 e. The largest absolute Gasteiger partial charge is 0.155 e. The summed E-state index contributed by atoms with van der Waals surface area (Å²) in [5, 5.41) is 1.03. The molecule has 0 nitrogen and oxygen atoms in total. The van der Waals surface area contributed by atoms with E-state index in [1.807, 2.05) is 0 Å². The van der Waals surface area contributed by atoms with Gasteiger partial charge in [0, 0.05) is 23.7 Å². The van der Waals surface area contributed by atoms with Crippen molar-refractivity contribution in [2.45, 2.75) is 107 Å². The van der Waals surface area contributed by atoms with Crippen molar-refractivity contribution in [1.29, 1.82) is 0 Å². The van der Waals surface area contributed by atoms with Gasteiger partial charge in [-0.3, -0.25) is 0 Å². The first-order chi connectivity index (χ1) is 11.9. The fourth-order valence-corrected chi connectivity index (χ4v) is 6.20. The Kier molecular flexibility index (Phi) is 10.7. The van der Waals surface area contributed by atoms with E-state index in [-0.39, 0.29) is 0 Å². The monoisotopic (exact) mass is 347 g/mol. The number of rotatable bonds is 15. The third-order valence-corrected chi connectivity index (χ3v) is 8.07. The molecule has 0 aromatic heterocycles. The zero-order valence-corrected chi connectivity index (χ0v) is 16.8. The average molecular weight is 348 g/mol. The van der Waals surface area contributed by atoms with Gasteiger partial charge >= 0.3 is 0 Å². The minimum Gasteiger partial charge on any atom is -0.0654 e. The van der Waals surface area contributed by atoms with Gasteiger partial charge in [0.2, 0.25) is 0 Å². The van der Waals surface area contributed by atoms with Crippen LogP contribution >= 0.6 is 0 Å². The second-order valence-corrected chi connectivity index (χ2v) is 9.94. The molecule has 1 aromatic rings. The molecule has 1 aliphatic carbocycles. The van der Waals surface area contributed by atoms with Gasteiger partial charge in [0.25, 0.3) is 0 Å². The van der Waals surface area contributed by atoms with Crippen molar-refractivity contribution in [3.8, 4) is 0 Å². The van der Waals surface area contributed by atoms with Gasteiger partial charge in [-0.05, 0) is 25.0 Å². The molecule has 1 saturated carbocycles. The van der Waals surface area contributed by atoms with Gasteiger partial charge in [-0.25, -0.2) is 0 Å². The Morgan fingerprint density at radius 2 is 1.21 bits per heavy atom. The predicted molar refractivity (Wildman–Crippen MR) is 111 cm³/mol. The predicted octanol–water partition coefficient (Wildman–Crippen LogP) is 7.53. The molecule has 0 heterocycles. The molecule has 1 fully saturated rings. The smallest absolute Gasteiger partial charge is 0.0654 e. The zero-order chi connectivity index (χ0) is 16.9. The average Bonchev–Trinajstić information content (AvgIpc) is 3.45. The summed E-state index contributed by atoms with van der Waals surface area (Å²) in [6.45, 7) is 2.30. The van der Waals surface area contributed by atoms with Crippen LogP contribution in [0.2, 0.25) is 0 Å². The normalized spacial score (nSPS) is 15.5. The van der Waals surface area contributed by atoms with Gasteiger partial charge in [0.05, 0.1) is 0 Å². The number of hydrogen-bond acceptors (Lipinski definition) is 0. The molecule has 1 heteroatoms. The van der Waals surface area contributed by atoms with E-state index in [9.17, 15) is 0 Å². The van der Waals surface area contributed by atoms with Gasteiger partial charge in [0.15, 0.2) is 4.90 Å². The van der Waals surface area contributed by atoms with Crippen LogP contribution in [0.4, 0.5) is 0 Å². The summed E-state index contributed by atoms with van der Waals surface area (Å²) < 4.78 is 0. The van der Waals surface area contributed by atoms with Crippen LogP contribution in [-0.4, -0.2) is 11.0 Å². The van der Waals surface area contributed by atoms with Crippen LogP contribution in [0.15, 0.2) is 35.2 Å². The van der Waals surface area contributed by atoms with E-state index in [1.54, 1.807) is 4.90 Å². The van der Waals surface area contributed by atoms with Crippen LogP contribution in [-0.2, 0) is 10.9 Å². The molecule has 0 saturated heterocycles. The van der Waals surface area contributed by atoms with Gasteiger partial charge in [-0.2, -0.15) is 0 Å². The molecule has 0 bridgehead atoms. The Bertz CT molecular complexity index is 396. The highest BCUT2D eigenvalue weighted by molar-refractivity contribution is 7.97. The minimum absolute atomic E-state index is 0.557. The maximum atomic E-state index is 2.36. The lowest BCUT2D eigenvalue weighted by atomic mass is 10.1. The summed E-state index contributed by atoms with van der Waals surface area (Å²) in [6.07, 6.45) is 20.4. The van der Waals surface area contributed by atoms with Crippen LogP contribution in [0.5, 0.6) is 0 Å². The summed E-state index contributed by atoms with van der Waals surface area (Å²) in [6, 6.07) is 11.3. The van der Waals surface area contributed by atoms with E-state index in [0.29, 0.717) is 10.9 Å². The standard InChI is InChI=1S/C23H39S/c1-2-3-4-5-6-7-8-9-10-11-12-16-21-24(23-19-20-23)22-17-14-13-15-18-22/h13-15,17-18,23H,2-12,16,19-21H2,1H3/q+1. The Labute approximate surface area is 154 Å². The molecule has 0 spiro atoms. The first-order valence-corrected chi connectivity index (χ1v) is 12.1. The van der Waals surface area contributed by atoms with Crippen molar-refractivity contribution in [2.75, 3.05) is 5.75 Å². The van der Waals surface area contributed by atoms with E-state index in [4.69, 9.17) is 0 Å². The Morgan fingerprint density at radius 3 is 1.71 bits per heavy atom. The lowest BCUT2D eigenvalue weighted by molar-refractivity contribution is 0.548. The van der Waals surface area contributed by atoms with Crippen LogP contribution < -0.4 is 0 Å². The molecule has 0 radical (unpaired) electrons. The molecule has 0 amide bonds. The fourth-order valence-electron chi connectivity index (χ4n) is 3.52. The quantitative estimate of drug-likeness (QED) is 0.227. The summed E-state index contributed by atoms with van der Waals surface area (Å²) in [5.74, 6) is 1.45. The van der Waals surface area contributed by atoms with E-state index < -0.39 is 0 Å². The molecule has 24 heavy (non-hydrogen) atoms. The summed E-state index contributed by atoms with van der Waals surface area (Å²) >= 11 is 0.